The molecule has 2 N–H and O–H groups in total. The number of aromatic carboxylic acids is 1. The van der Waals surface area contributed by atoms with Crippen molar-refractivity contribution in [1.29, 1.82) is 0 Å². The van der Waals surface area contributed by atoms with Gasteiger partial charge in [0.05, 0.1) is 10.6 Å². The first-order valence-electron chi connectivity index (χ1n) is 5.81. The lowest BCUT2D eigenvalue weighted by Crippen LogP contribution is -2.28. The third kappa shape index (κ3) is 3.67. The van der Waals surface area contributed by atoms with Gasteiger partial charge in [-0.15, -0.1) is 0 Å². The number of nitrogens with one attached hydrogen (secondary N) is 1. The number of anilines is 1. The Morgan fingerprint density at radius 2 is 2.14 bits per heavy atom. The Kier molecular flexibility index (Phi) is 4.34. The number of halogens is 1. The molecule has 0 radical (unpaired) electrons. The third-order valence-electron chi connectivity index (χ3n) is 2.58. The van der Waals surface area contributed by atoms with Crippen LogP contribution in [0, 0.1) is 0 Å². The second-order valence-corrected chi connectivity index (χ2v) is 4.49. The fraction of sp³-hybridized carbons (Fsp3) is 0.0769. The summed E-state index contributed by atoms with van der Waals surface area (Å²) in [6, 6.07) is 5.57. The van der Waals surface area contributed by atoms with E-state index >= 15 is 0 Å². The number of carboxylic acids is 1. The highest BCUT2D eigenvalue weighted by molar-refractivity contribution is 6.33. The smallest absolute Gasteiger partial charge is 0.347 e. The molecule has 1 aromatic carbocycles. The van der Waals surface area contributed by atoms with E-state index in [4.69, 9.17) is 16.7 Å². The van der Waals surface area contributed by atoms with Crippen LogP contribution in [0.1, 0.15) is 10.4 Å². The lowest BCUT2D eigenvalue weighted by Gasteiger charge is -2.08. The summed E-state index contributed by atoms with van der Waals surface area (Å²) in [5, 5.41) is 11.4. The standard InChI is InChI=1S/C13H10ClN3O4/c14-10-6-8(2-3-9(10)12(19)20)16-11(18)7-17-5-1-4-15-13(17)21/h1-6H,7H2,(H,16,18)(H,19,20). The van der Waals surface area contributed by atoms with Gasteiger partial charge >= 0.3 is 11.7 Å². The third-order valence-corrected chi connectivity index (χ3v) is 2.89. The Balaban J connectivity index is 2.10. The summed E-state index contributed by atoms with van der Waals surface area (Å²) in [6.07, 6.45) is 2.77. The van der Waals surface area contributed by atoms with Crippen LogP contribution in [0.2, 0.25) is 5.02 Å². The van der Waals surface area contributed by atoms with Gasteiger partial charge in [-0.1, -0.05) is 11.6 Å². The van der Waals surface area contributed by atoms with Gasteiger partial charge in [0, 0.05) is 18.1 Å². The first-order valence-corrected chi connectivity index (χ1v) is 6.19. The zero-order valence-electron chi connectivity index (χ0n) is 10.6. The van der Waals surface area contributed by atoms with E-state index in [9.17, 15) is 14.4 Å². The topological polar surface area (TPSA) is 101 Å². The van der Waals surface area contributed by atoms with Crippen molar-refractivity contribution in [3.8, 4) is 0 Å². The van der Waals surface area contributed by atoms with Crippen molar-refractivity contribution in [2.45, 2.75) is 6.54 Å². The van der Waals surface area contributed by atoms with Crippen LogP contribution in [0.15, 0.2) is 41.5 Å². The number of carbonyl (C=O) groups excluding carboxylic acids is 1. The number of amides is 1. The first kappa shape index (κ1) is 14.7. The summed E-state index contributed by atoms with van der Waals surface area (Å²) in [6.45, 7) is -0.203. The molecule has 8 heteroatoms. The van der Waals surface area contributed by atoms with Crippen molar-refractivity contribution < 1.29 is 14.7 Å². The second-order valence-electron chi connectivity index (χ2n) is 4.08. The van der Waals surface area contributed by atoms with Crippen LogP contribution in [0.4, 0.5) is 5.69 Å². The fourth-order valence-electron chi connectivity index (χ4n) is 1.63. The number of hydrogen-bond acceptors (Lipinski definition) is 4. The summed E-state index contributed by atoms with van der Waals surface area (Å²) in [7, 11) is 0. The predicted octanol–water partition coefficient (Wildman–Crippen LogP) is 1.23. The van der Waals surface area contributed by atoms with E-state index in [1.165, 1.54) is 36.7 Å². The second kappa shape index (κ2) is 6.19. The SMILES string of the molecule is O=C(Cn1cccnc1=O)Nc1ccc(C(=O)O)c(Cl)c1. The van der Waals surface area contributed by atoms with Crippen molar-refractivity contribution >= 4 is 29.2 Å². The lowest BCUT2D eigenvalue weighted by molar-refractivity contribution is -0.116. The molecule has 0 saturated heterocycles. The highest BCUT2D eigenvalue weighted by Gasteiger charge is 2.10. The maximum absolute atomic E-state index is 11.8. The molecule has 0 atom stereocenters. The zero-order chi connectivity index (χ0) is 15.4. The molecule has 0 spiro atoms. The Hall–Kier alpha value is -2.67. The van der Waals surface area contributed by atoms with Gasteiger partial charge in [-0.3, -0.25) is 9.36 Å². The van der Waals surface area contributed by atoms with Gasteiger partial charge in [0.25, 0.3) is 0 Å². The van der Waals surface area contributed by atoms with Gasteiger partial charge < -0.3 is 10.4 Å². The molecule has 0 aliphatic carbocycles. The molecule has 0 saturated carbocycles. The largest absolute Gasteiger partial charge is 0.478 e. The van der Waals surface area contributed by atoms with E-state index in [0.717, 1.165) is 4.57 Å². The summed E-state index contributed by atoms with van der Waals surface area (Å²) in [5.74, 6) is -1.61. The van der Waals surface area contributed by atoms with Crippen molar-refractivity contribution in [2.24, 2.45) is 0 Å². The number of benzene rings is 1. The molecule has 0 aliphatic rings. The molecule has 7 nitrogen and oxygen atoms in total. The predicted molar refractivity (Wildman–Crippen MR) is 75.5 cm³/mol. The number of rotatable bonds is 4. The Labute approximate surface area is 123 Å². The summed E-state index contributed by atoms with van der Waals surface area (Å²) in [5.41, 5.74) is -0.253. The van der Waals surface area contributed by atoms with E-state index in [0.29, 0.717) is 5.69 Å². The molecule has 0 fully saturated rings. The van der Waals surface area contributed by atoms with Crippen LogP contribution < -0.4 is 11.0 Å². The van der Waals surface area contributed by atoms with Crippen molar-refractivity contribution in [2.75, 3.05) is 5.32 Å². The lowest BCUT2D eigenvalue weighted by atomic mass is 10.2. The van der Waals surface area contributed by atoms with Crippen LogP contribution in [-0.4, -0.2) is 26.5 Å². The Bertz CT molecular complexity index is 757. The number of hydrogen-bond donors (Lipinski definition) is 2. The monoisotopic (exact) mass is 307 g/mol. The molecule has 21 heavy (non-hydrogen) atoms. The maximum Gasteiger partial charge on any atom is 0.347 e. The van der Waals surface area contributed by atoms with Gasteiger partial charge in [-0.2, -0.15) is 0 Å². The number of carbonyl (C=O) groups is 2. The molecule has 2 aromatic rings. The van der Waals surface area contributed by atoms with Crippen LogP contribution in [-0.2, 0) is 11.3 Å². The molecule has 0 bridgehead atoms. The summed E-state index contributed by atoms with van der Waals surface area (Å²) in [4.78, 5) is 37.5. The minimum absolute atomic E-state index is 0.0128. The van der Waals surface area contributed by atoms with E-state index in [-0.39, 0.29) is 17.1 Å². The molecule has 1 amide bonds. The number of aromatic nitrogens is 2. The maximum atomic E-state index is 11.8. The molecular formula is C13H10ClN3O4. The quantitative estimate of drug-likeness (QED) is 0.884. The average Bonchev–Trinajstić information content (AvgIpc) is 2.41. The zero-order valence-corrected chi connectivity index (χ0v) is 11.4. The average molecular weight is 308 g/mol. The molecule has 0 aliphatic heterocycles. The van der Waals surface area contributed by atoms with Crippen LogP contribution in [0.5, 0.6) is 0 Å². The molecule has 1 heterocycles. The highest BCUT2D eigenvalue weighted by atomic mass is 35.5. The summed E-state index contributed by atoms with van der Waals surface area (Å²) < 4.78 is 1.14. The molecule has 1 aromatic heterocycles. The number of carboxylic acid groups (broad SMARTS) is 1. The Morgan fingerprint density at radius 3 is 2.76 bits per heavy atom. The Morgan fingerprint density at radius 1 is 1.38 bits per heavy atom. The molecule has 0 unspecified atom stereocenters. The number of nitrogens with zero attached hydrogens (tertiary/aromatic N) is 2. The summed E-state index contributed by atoms with van der Waals surface area (Å²) >= 11 is 5.80. The van der Waals surface area contributed by atoms with E-state index in [1.54, 1.807) is 0 Å². The van der Waals surface area contributed by atoms with E-state index < -0.39 is 17.6 Å². The highest BCUT2D eigenvalue weighted by Crippen LogP contribution is 2.20. The van der Waals surface area contributed by atoms with Gasteiger partial charge in [0.15, 0.2) is 0 Å². The molecule has 108 valence electrons. The van der Waals surface area contributed by atoms with Crippen molar-refractivity contribution in [3.63, 3.8) is 0 Å². The molecule has 2 rings (SSSR count). The minimum atomic E-state index is -1.15. The minimum Gasteiger partial charge on any atom is -0.478 e. The van der Waals surface area contributed by atoms with Crippen LogP contribution >= 0.6 is 11.6 Å². The van der Waals surface area contributed by atoms with Crippen molar-refractivity contribution in [1.82, 2.24) is 9.55 Å². The first-order chi connectivity index (χ1) is 9.97. The van der Waals surface area contributed by atoms with Gasteiger partial charge in [-0.05, 0) is 24.3 Å². The van der Waals surface area contributed by atoms with Gasteiger partial charge in [-0.25, -0.2) is 14.6 Å². The van der Waals surface area contributed by atoms with Crippen molar-refractivity contribution in [3.05, 3.63) is 57.7 Å². The van der Waals surface area contributed by atoms with Gasteiger partial charge in [0.2, 0.25) is 5.91 Å². The van der Waals surface area contributed by atoms with E-state index in [1.807, 2.05) is 0 Å². The normalized spacial score (nSPS) is 10.1. The fourth-order valence-corrected chi connectivity index (χ4v) is 1.89. The molecular weight excluding hydrogens is 298 g/mol. The van der Waals surface area contributed by atoms with Gasteiger partial charge in [0.1, 0.15) is 6.54 Å². The van der Waals surface area contributed by atoms with Crippen LogP contribution in [0.3, 0.4) is 0 Å². The van der Waals surface area contributed by atoms with Crippen LogP contribution in [0.25, 0.3) is 0 Å². The van der Waals surface area contributed by atoms with E-state index in [2.05, 4.69) is 10.3 Å².